The number of aryl methyl sites for hydroxylation is 1. The smallest absolute Gasteiger partial charge is 0.223 e. The highest BCUT2D eigenvalue weighted by atomic mass is 16.5. The summed E-state index contributed by atoms with van der Waals surface area (Å²) in [6.07, 6.45) is 3.23. The molecule has 4 nitrogen and oxygen atoms in total. The van der Waals surface area contributed by atoms with Crippen LogP contribution >= 0.6 is 0 Å². The van der Waals surface area contributed by atoms with Gasteiger partial charge in [0.25, 0.3) is 0 Å². The molecule has 3 rings (SSSR count). The van der Waals surface area contributed by atoms with Crippen LogP contribution in [0.5, 0.6) is 11.5 Å². The van der Waals surface area contributed by atoms with E-state index in [-0.39, 0.29) is 11.9 Å². The van der Waals surface area contributed by atoms with Gasteiger partial charge in [0.15, 0.2) is 0 Å². The molecule has 25 heavy (non-hydrogen) atoms. The van der Waals surface area contributed by atoms with Crippen LogP contribution in [-0.2, 0) is 11.2 Å². The first kappa shape index (κ1) is 17.3. The molecule has 0 N–H and O–H groups in total. The number of carbonyl (C=O) groups excluding carboxylic acids is 1. The SMILES string of the molecule is COc1ccc(OC)c(CCC(=O)N2CCCC2c2ccccc2)c1. The van der Waals surface area contributed by atoms with Gasteiger partial charge in [-0.05, 0) is 48.6 Å². The number of nitrogens with zero attached hydrogens (tertiary/aromatic N) is 1. The Labute approximate surface area is 149 Å². The van der Waals surface area contributed by atoms with Crippen molar-refractivity contribution in [1.82, 2.24) is 4.90 Å². The van der Waals surface area contributed by atoms with Crippen molar-refractivity contribution in [2.24, 2.45) is 0 Å². The highest BCUT2D eigenvalue weighted by molar-refractivity contribution is 5.77. The second-order valence-corrected chi connectivity index (χ2v) is 6.33. The molecule has 0 spiro atoms. The largest absolute Gasteiger partial charge is 0.497 e. The van der Waals surface area contributed by atoms with Crippen LogP contribution in [0.1, 0.15) is 36.4 Å². The third-order valence-electron chi connectivity index (χ3n) is 4.85. The van der Waals surface area contributed by atoms with Crippen molar-refractivity contribution in [2.75, 3.05) is 20.8 Å². The standard InChI is InChI=1S/C21H25NO3/c1-24-18-11-12-20(25-2)17(15-18)10-13-21(23)22-14-6-9-19(22)16-7-4-3-5-8-16/h3-5,7-8,11-12,15,19H,6,9-10,13-14H2,1-2H3. The molecule has 1 aliphatic rings. The van der Waals surface area contributed by atoms with E-state index in [4.69, 9.17) is 9.47 Å². The number of hydrogen-bond acceptors (Lipinski definition) is 3. The lowest BCUT2D eigenvalue weighted by molar-refractivity contribution is -0.132. The molecule has 1 unspecified atom stereocenters. The average Bonchev–Trinajstić information content (AvgIpc) is 3.16. The maximum atomic E-state index is 12.8. The van der Waals surface area contributed by atoms with E-state index in [1.165, 1.54) is 5.56 Å². The van der Waals surface area contributed by atoms with Crippen LogP contribution in [0.4, 0.5) is 0 Å². The summed E-state index contributed by atoms with van der Waals surface area (Å²) in [4.78, 5) is 14.8. The molecule has 2 aromatic carbocycles. The number of methoxy groups -OCH3 is 2. The Kier molecular flexibility index (Phi) is 5.59. The van der Waals surface area contributed by atoms with Crippen molar-refractivity contribution in [2.45, 2.75) is 31.7 Å². The van der Waals surface area contributed by atoms with Crippen LogP contribution in [0.15, 0.2) is 48.5 Å². The zero-order chi connectivity index (χ0) is 17.6. The van der Waals surface area contributed by atoms with Gasteiger partial charge in [-0.25, -0.2) is 0 Å². The molecule has 0 radical (unpaired) electrons. The summed E-state index contributed by atoms with van der Waals surface area (Å²) in [5, 5.41) is 0. The Bertz CT molecular complexity index is 714. The molecule has 1 fully saturated rings. The number of ether oxygens (including phenoxy) is 2. The summed E-state index contributed by atoms with van der Waals surface area (Å²) in [6.45, 7) is 0.841. The van der Waals surface area contributed by atoms with Gasteiger partial charge in [0, 0.05) is 13.0 Å². The molecule has 1 amide bonds. The van der Waals surface area contributed by atoms with Crippen molar-refractivity contribution in [3.05, 3.63) is 59.7 Å². The highest BCUT2D eigenvalue weighted by Crippen LogP contribution is 2.33. The van der Waals surface area contributed by atoms with Gasteiger partial charge in [0.05, 0.1) is 20.3 Å². The van der Waals surface area contributed by atoms with Gasteiger partial charge in [-0.1, -0.05) is 30.3 Å². The maximum absolute atomic E-state index is 12.8. The second-order valence-electron chi connectivity index (χ2n) is 6.33. The van der Waals surface area contributed by atoms with Crippen LogP contribution in [0, 0.1) is 0 Å². The molecule has 4 heteroatoms. The normalized spacial score (nSPS) is 16.7. The van der Waals surface area contributed by atoms with Gasteiger partial charge in [-0.15, -0.1) is 0 Å². The minimum Gasteiger partial charge on any atom is -0.497 e. The van der Waals surface area contributed by atoms with Crippen LogP contribution in [0.2, 0.25) is 0 Å². The Hall–Kier alpha value is -2.49. The molecular weight excluding hydrogens is 314 g/mol. The van der Waals surface area contributed by atoms with E-state index in [9.17, 15) is 4.79 Å². The number of amides is 1. The maximum Gasteiger partial charge on any atom is 0.223 e. The van der Waals surface area contributed by atoms with E-state index in [2.05, 4.69) is 12.1 Å². The summed E-state index contributed by atoms with van der Waals surface area (Å²) >= 11 is 0. The van der Waals surface area contributed by atoms with Crippen molar-refractivity contribution in [1.29, 1.82) is 0 Å². The monoisotopic (exact) mass is 339 g/mol. The molecule has 2 aromatic rings. The summed E-state index contributed by atoms with van der Waals surface area (Å²) in [5.74, 6) is 1.79. The minimum absolute atomic E-state index is 0.205. The molecule has 0 aromatic heterocycles. The van der Waals surface area contributed by atoms with Crippen LogP contribution in [-0.4, -0.2) is 31.6 Å². The highest BCUT2D eigenvalue weighted by Gasteiger charge is 2.29. The molecule has 1 heterocycles. The van der Waals surface area contributed by atoms with Gasteiger partial charge < -0.3 is 14.4 Å². The summed E-state index contributed by atoms with van der Waals surface area (Å²) in [6, 6.07) is 16.2. The number of rotatable bonds is 6. The first-order chi connectivity index (χ1) is 12.2. The van der Waals surface area contributed by atoms with Crippen molar-refractivity contribution in [3.8, 4) is 11.5 Å². The van der Waals surface area contributed by atoms with Gasteiger partial charge in [0.1, 0.15) is 11.5 Å². The number of hydrogen-bond donors (Lipinski definition) is 0. The van der Waals surface area contributed by atoms with Crippen molar-refractivity contribution < 1.29 is 14.3 Å². The lowest BCUT2D eigenvalue weighted by Gasteiger charge is -2.25. The summed E-state index contributed by atoms with van der Waals surface area (Å²) < 4.78 is 10.7. The Morgan fingerprint density at radius 3 is 2.64 bits per heavy atom. The van der Waals surface area contributed by atoms with E-state index >= 15 is 0 Å². The predicted molar refractivity (Wildman–Crippen MR) is 98.0 cm³/mol. The van der Waals surface area contributed by atoms with Gasteiger partial charge >= 0.3 is 0 Å². The van der Waals surface area contributed by atoms with Crippen molar-refractivity contribution >= 4 is 5.91 Å². The third-order valence-corrected chi connectivity index (χ3v) is 4.85. The van der Waals surface area contributed by atoms with Gasteiger partial charge in [0.2, 0.25) is 5.91 Å². The fraction of sp³-hybridized carbons (Fsp3) is 0.381. The molecule has 0 bridgehead atoms. The second kappa shape index (κ2) is 8.06. The quantitative estimate of drug-likeness (QED) is 0.798. The Morgan fingerprint density at radius 1 is 1.12 bits per heavy atom. The molecule has 0 saturated carbocycles. The zero-order valence-corrected chi connectivity index (χ0v) is 14.9. The van der Waals surface area contributed by atoms with E-state index in [0.29, 0.717) is 12.8 Å². The summed E-state index contributed by atoms with van der Waals surface area (Å²) in [7, 11) is 3.30. The number of likely N-dealkylation sites (tertiary alicyclic amines) is 1. The average molecular weight is 339 g/mol. The van der Waals surface area contributed by atoms with Crippen LogP contribution in [0.3, 0.4) is 0 Å². The fourth-order valence-corrected chi connectivity index (χ4v) is 3.55. The topological polar surface area (TPSA) is 38.8 Å². The lowest BCUT2D eigenvalue weighted by atomic mass is 10.0. The summed E-state index contributed by atoms with van der Waals surface area (Å²) in [5.41, 5.74) is 2.23. The Morgan fingerprint density at radius 2 is 1.92 bits per heavy atom. The fourth-order valence-electron chi connectivity index (χ4n) is 3.55. The van der Waals surface area contributed by atoms with Gasteiger partial charge in [-0.3, -0.25) is 4.79 Å². The minimum atomic E-state index is 0.205. The van der Waals surface area contributed by atoms with Gasteiger partial charge in [-0.2, -0.15) is 0 Å². The lowest BCUT2D eigenvalue weighted by Crippen LogP contribution is -2.30. The molecule has 0 aliphatic carbocycles. The molecular formula is C21H25NO3. The molecule has 1 saturated heterocycles. The molecule has 132 valence electrons. The van der Waals surface area contributed by atoms with E-state index in [1.807, 2.05) is 41.3 Å². The van der Waals surface area contributed by atoms with Crippen LogP contribution in [0.25, 0.3) is 0 Å². The number of carbonyl (C=O) groups is 1. The van der Waals surface area contributed by atoms with E-state index < -0.39 is 0 Å². The molecule has 1 atom stereocenters. The molecule has 1 aliphatic heterocycles. The first-order valence-electron chi connectivity index (χ1n) is 8.78. The third kappa shape index (κ3) is 3.95. The first-order valence-corrected chi connectivity index (χ1v) is 8.78. The predicted octanol–water partition coefficient (Wildman–Crippen LogP) is 4.00. The number of benzene rings is 2. The van der Waals surface area contributed by atoms with Crippen molar-refractivity contribution in [3.63, 3.8) is 0 Å². The Balaban J connectivity index is 1.68. The van der Waals surface area contributed by atoms with E-state index in [1.54, 1.807) is 14.2 Å². The van der Waals surface area contributed by atoms with Crippen LogP contribution < -0.4 is 9.47 Å². The zero-order valence-electron chi connectivity index (χ0n) is 14.9. The van der Waals surface area contributed by atoms with E-state index in [0.717, 1.165) is 36.4 Å².